The smallest absolute Gasteiger partial charge is 0.252 e. The molecule has 0 N–H and O–H groups in total. The first kappa shape index (κ1) is 20.4. The van der Waals surface area contributed by atoms with Gasteiger partial charge in [0.05, 0.1) is 17.0 Å². The zero-order chi connectivity index (χ0) is 21.3. The molecule has 0 bridgehead atoms. The lowest BCUT2D eigenvalue weighted by atomic mass is 10.2. The van der Waals surface area contributed by atoms with Gasteiger partial charge in [0, 0.05) is 11.4 Å². The number of hydrogen-bond donors (Lipinski definition) is 0. The molecule has 0 aliphatic carbocycles. The van der Waals surface area contributed by atoms with Gasteiger partial charge in [0.2, 0.25) is 15.9 Å². The predicted octanol–water partition coefficient (Wildman–Crippen LogP) is 3.41. The van der Waals surface area contributed by atoms with Gasteiger partial charge in [0.25, 0.3) is 5.91 Å². The zero-order valence-electron chi connectivity index (χ0n) is 15.6. The van der Waals surface area contributed by atoms with E-state index in [9.17, 15) is 22.4 Å². The molecule has 2 amide bonds. The molecule has 1 atom stereocenters. The maximum atomic E-state index is 13.4. The average Bonchev–Trinajstić information content (AvgIpc) is 3.34. The Bertz CT molecular complexity index is 1160. The summed E-state index contributed by atoms with van der Waals surface area (Å²) in [5.74, 6) is -1.64. The molecule has 4 rings (SSSR count). The van der Waals surface area contributed by atoms with Crippen molar-refractivity contribution < 1.29 is 22.4 Å². The number of para-hydroxylation sites is 1. The first-order chi connectivity index (χ1) is 14.4. The van der Waals surface area contributed by atoms with E-state index in [1.54, 1.807) is 47.8 Å². The van der Waals surface area contributed by atoms with Crippen molar-refractivity contribution in [1.82, 2.24) is 4.31 Å². The molecule has 2 heterocycles. The Morgan fingerprint density at radius 1 is 1.00 bits per heavy atom. The van der Waals surface area contributed by atoms with Crippen LogP contribution in [0.4, 0.5) is 10.1 Å². The van der Waals surface area contributed by atoms with Gasteiger partial charge in [-0.05, 0) is 47.8 Å². The molecule has 1 aliphatic heterocycles. The summed E-state index contributed by atoms with van der Waals surface area (Å²) in [6, 6.07) is 15.2. The van der Waals surface area contributed by atoms with Gasteiger partial charge in [0.1, 0.15) is 11.9 Å². The van der Waals surface area contributed by atoms with E-state index in [1.807, 2.05) is 0 Å². The van der Waals surface area contributed by atoms with E-state index in [4.69, 9.17) is 0 Å². The van der Waals surface area contributed by atoms with Crippen LogP contribution in [0.15, 0.2) is 77.0 Å². The van der Waals surface area contributed by atoms with Crippen LogP contribution in [0.1, 0.15) is 11.3 Å². The van der Waals surface area contributed by atoms with Crippen LogP contribution >= 0.6 is 11.3 Å². The number of carbonyl (C=O) groups is 2. The third-order valence-electron chi connectivity index (χ3n) is 4.80. The Morgan fingerprint density at radius 3 is 2.33 bits per heavy atom. The van der Waals surface area contributed by atoms with Crippen molar-refractivity contribution in [2.24, 2.45) is 0 Å². The molecule has 3 aromatic rings. The van der Waals surface area contributed by atoms with Crippen molar-refractivity contribution in [2.75, 3.05) is 4.90 Å². The molecule has 0 spiro atoms. The van der Waals surface area contributed by atoms with Gasteiger partial charge in [-0.15, -0.1) is 11.3 Å². The number of hydrogen-bond acceptors (Lipinski definition) is 5. The predicted molar refractivity (Wildman–Crippen MR) is 111 cm³/mol. The van der Waals surface area contributed by atoms with Gasteiger partial charge in [0.15, 0.2) is 0 Å². The summed E-state index contributed by atoms with van der Waals surface area (Å²) >= 11 is 1.35. The van der Waals surface area contributed by atoms with Gasteiger partial charge in [-0.2, -0.15) is 4.31 Å². The third kappa shape index (κ3) is 3.79. The molecule has 154 valence electrons. The van der Waals surface area contributed by atoms with E-state index in [0.29, 0.717) is 5.69 Å². The fourth-order valence-corrected chi connectivity index (χ4v) is 5.69. The molecular formula is C21H17FN2O4S2. The summed E-state index contributed by atoms with van der Waals surface area (Å²) in [6.45, 7) is -0.0658. The SMILES string of the molecule is O=C1CC(N(Cc2cccs2)S(=O)(=O)c2ccc(F)cc2)C(=O)N1c1ccccc1. The lowest BCUT2D eigenvalue weighted by Crippen LogP contribution is -2.44. The van der Waals surface area contributed by atoms with E-state index in [2.05, 4.69) is 0 Å². The second-order valence-electron chi connectivity index (χ2n) is 6.71. The first-order valence-corrected chi connectivity index (χ1v) is 11.4. The van der Waals surface area contributed by atoms with Gasteiger partial charge in [-0.1, -0.05) is 24.3 Å². The van der Waals surface area contributed by atoms with Crippen LogP contribution in [-0.4, -0.2) is 30.6 Å². The van der Waals surface area contributed by atoms with Gasteiger partial charge < -0.3 is 0 Å². The van der Waals surface area contributed by atoms with Crippen LogP contribution in [0.5, 0.6) is 0 Å². The number of sulfonamides is 1. The normalized spacial score (nSPS) is 17.1. The molecule has 6 nitrogen and oxygen atoms in total. The second-order valence-corrected chi connectivity index (χ2v) is 9.63. The molecule has 1 aliphatic rings. The number of imide groups is 1. The quantitative estimate of drug-likeness (QED) is 0.546. The topological polar surface area (TPSA) is 74.8 Å². The average molecular weight is 445 g/mol. The number of rotatable bonds is 6. The number of amides is 2. The van der Waals surface area contributed by atoms with Crippen LogP contribution in [0.25, 0.3) is 0 Å². The number of nitrogens with zero attached hydrogens (tertiary/aromatic N) is 2. The Labute approximate surface area is 177 Å². The number of halogens is 1. The van der Waals surface area contributed by atoms with Crippen molar-refractivity contribution in [3.63, 3.8) is 0 Å². The lowest BCUT2D eigenvalue weighted by Gasteiger charge is -2.26. The molecule has 0 saturated carbocycles. The number of thiophene rings is 1. The van der Waals surface area contributed by atoms with Crippen molar-refractivity contribution in [3.8, 4) is 0 Å². The second kappa shape index (κ2) is 8.10. The number of carbonyl (C=O) groups excluding carboxylic acids is 2. The molecule has 2 aromatic carbocycles. The van der Waals surface area contributed by atoms with Crippen molar-refractivity contribution in [3.05, 3.63) is 82.8 Å². The minimum atomic E-state index is -4.17. The molecule has 1 unspecified atom stereocenters. The highest BCUT2D eigenvalue weighted by Gasteiger charge is 2.47. The summed E-state index contributed by atoms with van der Waals surface area (Å²) in [5.41, 5.74) is 0.394. The van der Waals surface area contributed by atoms with E-state index in [0.717, 1.165) is 38.3 Å². The molecule has 0 radical (unpaired) electrons. The standard InChI is InChI=1S/C21H17FN2O4S2/c22-15-8-10-18(11-9-15)30(27,28)23(14-17-7-4-12-29-17)19-13-20(25)24(21(19)26)16-5-2-1-3-6-16/h1-12,19H,13-14H2. The number of anilines is 1. The maximum absolute atomic E-state index is 13.4. The van der Waals surface area contributed by atoms with Crippen LogP contribution in [0, 0.1) is 5.82 Å². The highest BCUT2D eigenvalue weighted by Crippen LogP contribution is 2.31. The lowest BCUT2D eigenvalue weighted by molar-refractivity contribution is -0.122. The van der Waals surface area contributed by atoms with Crippen LogP contribution < -0.4 is 4.90 Å². The molecule has 30 heavy (non-hydrogen) atoms. The van der Waals surface area contributed by atoms with Crippen molar-refractivity contribution in [1.29, 1.82) is 0 Å². The zero-order valence-corrected chi connectivity index (χ0v) is 17.3. The Hall–Kier alpha value is -2.88. The third-order valence-corrected chi connectivity index (χ3v) is 7.53. The number of benzene rings is 2. The van der Waals surface area contributed by atoms with Gasteiger partial charge in [-0.3, -0.25) is 9.59 Å². The largest absolute Gasteiger partial charge is 0.274 e. The van der Waals surface area contributed by atoms with E-state index in [1.165, 1.54) is 11.3 Å². The Balaban J connectivity index is 1.74. The highest BCUT2D eigenvalue weighted by molar-refractivity contribution is 7.89. The summed E-state index contributed by atoms with van der Waals surface area (Å²) in [4.78, 5) is 27.4. The van der Waals surface area contributed by atoms with Crippen molar-refractivity contribution >= 4 is 38.9 Å². The fourth-order valence-electron chi connectivity index (χ4n) is 3.35. The molecule has 9 heteroatoms. The van der Waals surface area contributed by atoms with E-state index < -0.39 is 33.7 Å². The minimum absolute atomic E-state index is 0.0658. The van der Waals surface area contributed by atoms with Crippen molar-refractivity contribution in [2.45, 2.75) is 23.9 Å². The van der Waals surface area contributed by atoms with E-state index >= 15 is 0 Å². The first-order valence-electron chi connectivity index (χ1n) is 9.09. The molecule has 1 aromatic heterocycles. The van der Waals surface area contributed by atoms with E-state index in [-0.39, 0.29) is 17.9 Å². The fraction of sp³-hybridized carbons (Fsp3) is 0.143. The van der Waals surface area contributed by atoms with Gasteiger partial charge >= 0.3 is 0 Å². The summed E-state index contributed by atoms with van der Waals surface area (Å²) < 4.78 is 41.1. The monoisotopic (exact) mass is 444 g/mol. The molecule has 1 fully saturated rings. The summed E-state index contributed by atoms with van der Waals surface area (Å²) in [5, 5.41) is 1.80. The molecular weight excluding hydrogens is 427 g/mol. The van der Waals surface area contributed by atoms with Crippen LogP contribution in [-0.2, 0) is 26.2 Å². The highest BCUT2D eigenvalue weighted by atomic mass is 32.2. The van der Waals surface area contributed by atoms with Gasteiger partial charge in [-0.25, -0.2) is 17.7 Å². The molecule has 1 saturated heterocycles. The Morgan fingerprint density at radius 2 is 1.70 bits per heavy atom. The maximum Gasteiger partial charge on any atom is 0.252 e. The summed E-state index contributed by atoms with van der Waals surface area (Å²) in [7, 11) is -4.17. The Kier molecular flexibility index (Phi) is 5.50. The summed E-state index contributed by atoms with van der Waals surface area (Å²) in [6.07, 6.45) is -0.264. The van der Waals surface area contributed by atoms with Crippen LogP contribution in [0.3, 0.4) is 0 Å². The minimum Gasteiger partial charge on any atom is -0.274 e. The van der Waals surface area contributed by atoms with Crippen LogP contribution in [0.2, 0.25) is 0 Å².